The highest BCUT2D eigenvalue weighted by Gasteiger charge is 1.98. The van der Waals surface area contributed by atoms with Gasteiger partial charge in [0.25, 0.3) is 0 Å². The predicted octanol–water partition coefficient (Wildman–Crippen LogP) is 4.36. The highest BCUT2D eigenvalue weighted by Crippen LogP contribution is 2.15. The van der Waals surface area contributed by atoms with Gasteiger partial charge in [-0.3, -0.25) is 0 Å². The summed E-state index contributed by atoms with van der Waals surface area (Å²) in [6.07, 6.45) is 11.4. The maximum Gasteiger partial charge on any atom is 0.126 e. The quantitative estimate of drug-likeness (QED) is 0.517. The number of benzene rings is 1. The van der Waals surface area contributed by atoms with E-state index in [0.29, 0.717) is 6.61 Å². The van der Waals surface area contributed by atoms with Crippen molar-refractivity contribution in [2.75, 3.05) is 6.61 Å². The third-order valence-corrected chi connectivity index (χ3v) is 2.08. The number of ether oxygens (including phenoxy) is 1. The Kier molecular flexibility index (Phi) is 6.27. The van der Waals surface area contributed by atoms with Gasteiger partial charge < -0.3 is 4.74 Å². The molecule has 17 heavy (non-hydrogen) atoms. The van der Waals surface area contributed by atoms with Crippen LogP contribution in [-0.2, 0) is 4.74 Å². The summed E-state index contributed by atoms with van der Waals surface area (Å²) < 4.78 is 5.60. The number of rotatable bonds is 6. The second kappa shape index (κ2) is 8.17. The van der Waals surface area contributed by atoms with Crippen molar-refractivity contribution in [2.24, 2.45) is 0 Å². The Labute approximate surface area is 103 Å². The van der Waals surface area contributed by atoms with Crippen LogP contribution in [0.1, 0.15) is 12.5 Å². The first-order chi connectivity index (χ1) is 8.38. The molecule has 0 unspecified atom stereocenters. The molecule has 0 amide bonds. The third kappa shape index (κ3) is 5.03. The van der Waals surface area contributed by atoms with Gasteiger partial charge in [0.05, 0.1) is 6.61 Å². The second-order valence-corrected chi connectivity index (χ2v) is 3.34. The molecule has 0 heterocycles. The molecule has 1 nitrogen and oxygen atoms in total. The Bertz CT molecular complexity index is 410. The molecule has 0 aromatic heterocycles. The molecule has 0 radical (unpaired) electrons. The first-order valence-corrected chi connectivity index (χ1v) is 5.72. The van der Waals surface area contributed by atoms with E-state index in [2.05, 4.69) is 6.58 Å². The minimum absolute atomic E-state index is 0.664. The maximum absolute atomic E-state index is 5.60. The van der Waals surface area contributed by atoms with Crippen LogP contribution in [-0.4, -0.2) is 6.61 Å². The molecule has 0 aliphatic heterocycles. The van der Waals surface area contributed by atoms with Crippen LogP contribution >= 0.6 is 0 Å². The van der Waals surface area contributed by atoms with Gasteiger partial charge in [-0.25, -0.2) is 0 Å². The standard InChI is InChI=1S/C16H18O/c1-3-5-6-7-11-14-16(17-4-2)15-12-9-8-10-13-15/h3,5-14H,1,4H2,2H3/b6-5+,11-7+,16-14-. The van der Waals surface area contributed by atoms with E-state index in [1.807, 2.05) is 67.6 Å². The Hall–Kier alpha value is -2.02. The molecule has 1 aromatic carbocycles. The topological polar surface area (TPSA) is 9.23 Å². The Morgan fingerprint density at radius 2 is 1.82 bits per heavy atom. The van der Waals surface area contributed by atoms with Crippen molar-refractivity contribution in [1.29, 1.82) is 0 Å². The van der Waals surface area contributed by atoms with E-state index in [-0.39, 0.29) is 0 Å². The van der Waals surface area contributed by atoms with Crippen LogP contribution in [0.5, 0.6) is 0 Å². The minimum atomic E-state index is 0.664. The fourth-order valence-corrected chi connectivity index (χ4v) is 1.34. The molecule has 1 aromatic rings. The maximum atomic E-state index is 5.60. The van der Waals surface area contributed by atoms with E-state index in [4.69, 9.17) is 4.74 Å². The summed E-state index contributed by atoms with van der Waals surface area (Å²) in [6.45, 7) is 6.26. The molecular weight excluding hydrogens is 208 g/mol. The first kappa shape index (κ1) is 13.0. The molecule has 0 bridgehead atoms. The lowest BCUT2D eigenvalue weighted by atomic mass is 10.2. The molecule has 0 aliphatic rings. The molecule has 0 N–H and O–H groups in total. The lowest BCUT2D eigenvalue weighted by molar-refractivity contribution is 0.298. The van der Waals surface area contributed by atoms with Crippen molar-refractivity contribution >= 4 is 5.76 Å². The SMILES string of the molecule is C=C/C=C/C=C/C=C(\OCC)c1ccccc1. The highest BCUT2D eigenvalue weighted by molar-refractivity contribution is 5.61. The normalized spacial score (nSPS) is 12.2. The van der Waals surface area contributed by atoms with Gasteiger partial charge >= 0.3 is 0 Å². The van der Waals surface area contributed by atoms with Gasteiger partial charge in [-0.2, -0.15) is 0 Å². The predicted molar refractivity (Wildman–Crippen MR) is 74.5 cm³/mol. The average molecular weight is 226 g/mol. The van der Waals surface area contributed by atoms with Crippen LogP contribution < -0.4 is 0 Å². The molecule has 0 spiro atoms. The third-order valence-electron chi connectivity index (χ3n) is 2.08. The largest absolute Gasteiger partial charge is 0.493 e. The van der Waals surface area contributed by atoms with Gasteiger partial charge in [-0.05, 0) is 13.0 Å². The number of hydrogen-bond donors (Lipinski definition) is 0. The molecule has 0 saturated carbocycles. The van der Waals surface area contributed by atoms with Gasteiger partial charge in [0, 0.05) is 5.56 Å². The number of hydrogen-bond acceptors (Lipinski definition) is 1. The zero-order chi connectivity index (χ0) is 12.3. The first-order valence-electron chi connectivity index (χ1n) is 5.72. The van der Waals surface area contributed by atoms with E-state index in [1.165, 1.54) is 0 Å². The average Bonchev–Trinajstić information content (AvgIpc) is 2.38. The fourth-order valence-electron chi connectivity index (χ4n) is 1.34. The van der Waals surface area contributed by atoms with Crippen molar-refractivity contribution in [2.45, 2.75) is 6.92 Å². The summed E-state index contributed by atoms with van der Waals surface area (Å²) in [7, 11) is 0. The Balaban J connectivity index is 2.79. The Morgan fingerprint density at radius 1 is 1.12 bits per heavy atom. The van der Waals surface area contributed by atoms with Crippen molar-refractivity contribution in [1.82, 2.24) is 0 Å². The smallest absolute Gasteiger partial charge is 0.126 e. The van der Waals surface area contributed by atoms with Gasteiger partial charge in [0.1, 0.15) is 5.76 Å². The number of allylic oxidation sites excluding steroid dienone is 6. The summed E-state index contributed by atoms with van der Waals surface area (Å²) in [4.78, 5) is 0. The van der Waals surface area contributed by atoms with E-state index < -0.39 is 0 Å². The monoisotopic (exact) mass is 226 g/mol. The van der Waals surface area contributed by atoms with Gasteiger partial charge in [-0.1, -0.05) is 67.3 Å². The van der Waals surface area contributed by atoms with Gasteiger partial charge in [0.2, 0.25) is 0 Å². The molecule has 0 saturated heterocycles. The van der Waals surface area contributed by atoms with Crippen LogP contribution in [0.4, 0.5) is 0 Å². The lowest BCUT2D eigenvalue weighted by Gasteiger charge is -2.07. The van der Waals surface area contributed by atoms with E-state index in [1.54, 1.807) is 6.08 Å². The summed E-state index contributed by atoms with van der Waals surface area (Å²) in [5, 5.41) is 0. The lowest BCUT2D eigenvalue weighted by Crippen LogP contribution is -1.90. The highest BCUT2D eigenvalue weighted by atomic mass is 16.5. The molecular formula is C16H18O. The molecule has 0 atom stereocenters. The van der Waals surface area contributed by atoms with E-state index in [0.717, 1.165) is 11.3 Å². The van der Waals surface area contributed by atoms with Crippen LogP contribution in [0, 0.1) is 0 Å². The van der Waals surface area contributed by atoms with Gasteiger partial charge in [0.15, 0.2) is 0 Å². The van der Waals surface area contributed by atoms with Crippen LogP contribution in [0.15, 0.2) is 73.4 Å². The summed E-state index contributed by atoms with van der Waals surface area (Å²) in [5.74, 6) is 0.886. The molecule has 88 valence electrons. The van der Waals surface area contributed by atoms with E-state index >= 15 is 0 Å². The zero-order valence-electron chi connectivity index (χ0n) is 10.2. The molecule has 0 aliphatic carbocycles. The summed E-state index contributed by atoms with van der Waals surface area (Å²) >= 11 is 0. The minimum Gasteiger partial charge on any atom is -0.493 e. The van der Waals surface area contributed by atoms with Crippen molar-refractivity contribution in [3.63, 3.8) is 0 Å². The van der Waals surface area contributed by atoms with Crippen LogP contribution in [0.3, 0.4) is 0 Å². The van der Waals surface area contributed by atoms with Crippen LogP contribution in [0.25, 0.3) is 5.76 Å². The van der Waals surface area contributed by atoms with Gasteiger partial charge in [-0.15, -0.1) is 0 Å². The molecule has 0 fully saturated rings. The van der Waals surface area contributed by atoms with E-state index in [9.17, 15) is 0 Å². The molecule has 1 heteroatoms. The molecule has 1 rings (SSSR count). The zero-order valence-corrected chi connectivity index (χ0v) is 10.2. The van der Waals surface area contributed by atoms with Crippen LogP contribution in [0.2, 0.25) is 0 Å². The van der Waals surface area contributed by atoms with Crippen molar-refractivity contribution < 1.29 is 4.74 Å². The van der Waals surface area contributed by atoms with Crippen molar-refractivity contribution in [3.8, 4) is 0 Å². The van der Waals surface area contributed by atoms with Crippen molar-refractivity contribution in [3.05, 3.63) is 78.9 Å². The summed E-state index contributed by atoms with van der Waals surface area (Å²) in [6, 6.07) is 10.1. The second-order valence-electron chi connectivity index (χ2n) is 3.34. The summed E-state index contributed by atoms with van der Waals surface area (Å²) in [5.41, 5.74) is 1.09. The fraction of sp³-hybridized carbons (Fsp3) is 0.125. The Morgan fingerprint density at radius 3 is 2.47 bits per heavy atom.